The molecule has 0 saturated carbocycles. The van der Waals surface area contributed by atoms with Gasteiger partial charge in [-0.05, 0) is 11.1 Å². The summed E-state index contributed by atoms with van der Waals surface area (Å²) in [6, 6.07) is 10.2. The van der Waals surface area contributed by atoms with E-state index in [9.17, 15) is 5.11 Å². The molecule has 1 aliphatic rings. The van der Waals surface area contributed by atoms with Gasteiger partial charge in [0.25, 0.3) is 0 Å². The van der Waals surface area contributed by atoms with E-state index in [1.54, 1.807) is 0 Å². The fraction of sp³-hybridized carbons (Fsp3) is 0.500. The van der Waals surface area contributed by atoms with Crippen LogP contribution in [0.2, 0.25) is 0 Å². The average Bonchev–Trinajstić information content (AvgIpc) is 2.68. The van der Waals surface area contributed by atoms with Gasteiger partial charge in [-0.3, -0.25) is 4.90 Å². The Balaban J connectivity index is 1.90. The van der Waals surface area contributed by atoms with Crippen LogP contribution < -0.4 is 0 Å². The Morgan fingerprint density at radius 3 is 2.82 bits per heavy atom. The summed E-state index contributed by atoms with van der Waals surface area (Å²) in [5.41, 5.74) is 9.52. The molecule has 1 fully saturated rings. The number of aliphatic hydroxyl groups excluding tert-OH is 1. The fourth-order valence-corrected chi connectivity index (χ4v) is 2.23. The first-order valence-corrected chi connectivity index (χ1v) is 5.75. The number of rotatable bonds is 4. The summed E-state index contributed by atoms with van der Waals surface area (Å²) in [7, 11) is 0. The number of azide groups is 1. The molecule has 0 aromatic heterocycles. The van der Waals surface area contributed by atoms with Gasteiger partial charge in [-0.25, -0.2) is 0 Å². The number of benzene rings is 1. The zero-order valence-electron chi connectivity index (χ0n) is 9.61. The Bertz CT molecular complexity index is 402. The number of hydrogen-bond donors (Lipinski definition) is 1. The minimum atomic E-state index is -0.385. The largest absolute Gasteiger partial charge is 0.391 e. The first-order chi connectivity index (χ1) is 8.29. The maximum Gasteiger partial charge on any atom is 0.0708 e. The number of aliphatic hydroxyl groups is 1. The highest BCUT2D eigenvalue weighted by atomic mass is 16.3. The van der Waals surface area contributed by atoms with E-state index >= 15 is 0 Å². The maximum absolute atomic E-state index is 9.84. The van der Waals surface area contributed by atoms with E-state index < -0.39 is 0 Å². The van der Waals surface area contributed by atoms with E-state index in [0.717, 1.165) is 13.1 Å². The van der Waals surface area contributed by atoms with E-state index in [2.05, 4.69) is 27.1 Å². The summed E-state index contributed by atoms with van der Waals surface area (Å²) >= 11 is 0. The third kappa shape index (κ3) is 3.20. The van der Waals surface area contributed by atoms with Gasteiger partial charge in [0.05, 0.1) is 6.10 Å². The number of nitrogens with zero attached hydrogens (tertiary/aromatic N) is 4. The van der Waals surface area contributed by atoms with Crippen molar-refractivity contribution in [3.63, 3.8) is 0 Å². The number of likely N-dealkylation sites (tertiary alicyclic amines) is 1. The van der Waals surface area contributed by atoms with Crippen LogP contribution in [-0.4, -0.2) is 35.7 Å². The Kier molecular flexibility index (Phi) is 3.98. The van der Waals surface area contributed by atoms with E-state index in [1.165, 1.54) is 5.56 Å². The second-order valence-electron chi connectivity index (χ2n) is 4.42. The molecule has 17 heavy (non-hydrogen) atoms. The van der Waals surface area contributed by atoms with Crippen LogP contribution in [-0.2, 0) is 6.54 Å². The summed E-state index contributed by atoms with van der Waals surface area (Å²) in [5, 5.41) is 13.4. The lowest BCUT2D eigenvalue weighted by atomic mass is 10.1. The van der Waals surface area contributed by atoms with E-state index in [0.29, 0.717) is 13.1 Å². The highest BCUT2D eigenvalue weighted by molar-refractivity contribution is 5.14. The lowest BCUT2D eigenvalue weighted by molar-refractivity contribution is 0.144. The molecule has 1 N–H and O–H groups in total. The standard InChI is InChI=1S/C12H16N4O/c13-15-14-6-11-8-16(9-12(11)17)7-10-4-2-1-3-5-10/h1-5,11-12,17H,6-9H2/t11-,12-/m1/s1. The molecule has 1 aliphatic heterocycles. The third-order valence-electron chi connectivity index (χ3n) is 3.11. The topological polar surface area (TPSA) is 72.2 Å². The molecule has 1 aromatic carbocycles. The molecule has 2 rings (SSSR count). The lowest BCUT2D eigenvalue weighted by Gasteiger charge is -2.14. The van der Waals surface area contributed by atoms with E-state index in [4.69, 9.17) is 5.53 Å². The van der Waals surface area contributed by atoms with Gasteiger partial charge in [0.15, 0.2) is 0 Å². The predicted molar refractivity (Wildman–Crippen MR) is 65.2 cm³/mol. The van der Waals surface area contributed by atoms with Crippen molar-refractivity contribution in [1.29, 1.82) is 0 Å². The average molecular weight is 232 g/mol. The van der Waals surface area contributed by atoms with Crippen molar-refractivity contribution >= 4 is 0 Å². The molecule has 1 aromatic rings. The Labute approximate surface area is 100 Å². The molecule has 5 heteroatoms. The predicted octanol–water partition coefficient (Wildman–Crippen LogP) is 1.79. The van der Waals surface area contributed by atoms with Gasteiger partial charge in [0.1, 0.15) is 0 Å². The Hall–Kier alpha value is -1.55. The van der Waals surface area contributed by atoms with Crippen LogP contribution >= 0.6 is 0 Å². The first-order valence-electron chi connectivity index (χ1n) is 5.75. The Morgan fingerprint density at radius 2 is 2.12 bits per heavy atom. The highest BCUT2D eigenvalue weighted by Crippen LogP contribution is 2.19. The molecule has 0 radical (unpaired) electrons. The minimum absolute atomic E-state index is 0.0645. The smallest absolute Gasteiger partial charge is 0.0708 e. The van der Waals surface area contributed by atoms with Crippen LogP contribution in [0.3, 0.4) is 0 Å². The zero-order valence-corrected chi connectivity index (χ0v) is 9.61. The highest BCUT2D eigenvalue weighted by Gasteiger charge is 2.30. The van der Waals surface area contributed by atoms with Crippen LogP contribution in [0.25, 0.3) is 10.4 Å². The molecule has 0 bridgehead atoms. The second kappa shape index (κ2) is 5.68. The molecule has 2 atom stereocenters. The first kappa shape index (κ1) is 11.9. The van der Waals surface area contributed by atoms with Gasteiger partial charge < -0.3 is 5.11 Å². The molecule has 1 heterocycles. The maximum atomic E-state index is 9.84. The van der Waals surface area contributed by atoms with Crippen LogP contribution in [0.5, 0.6) is 0 Å². The van der Waals surface area contributed by atoms with Crippen molar-refractivity contribution in [3.8, 4) is 0 Å². The van der Waals surface area contributed by atoms with Crippen LogP contribution in [0.4, 0.5) is 0 Å². The van der Waals surface area contributed by atoms with E-state index in [1.807, 2.05) is 18.2 Å². The van der Waals surface area contributed by atoms with Gasteiger partial charge in [0.2, 0.25) is 0 Å². The molecule has 5 nitrogen and oxygen atoms in total. The number of hydrogen-bond acceptors (Lipinski definition) is 3. The lowest BCUT2D eigenvalue weighted by Crippen LogP contribution is -2.21. The minimum Gasteiger partial charge on any atom is -0.391 e. The van der Waals surface area contributed by atoms with Crippen molar-refractivity contribution in [3.05, 3.63) is 46.3 Å². The van der Waals surface area contributed by atoms with Crippen molar-refractivity contribution in [2.45, 2.75) is 12.6 Å². The van der Waals surface area contributed by atoms with Gasteiger partial charge in [0, 0.05) is 37.0 Å². The van der Waals surface area contributed by atoms with Crippen LogP contribution in [0, 0.1) is 5.92 Å². The normalized spacial score (nSPS) is 24.5. The van der Waals surface area contributed by atoms with Crippen molar-refractivity contribution in [2.75, 3.05) is 19.6 Å². The summed E-state index contributed by atoms with van der Waals surface area (Å²) in [6.07, 6.45) is -0.385. The third-order valence-corrected chi connectivity index (χ3v) is 3.11. The van der Waals surface area contributed by atoms with Crippen molar-refractivity contribution < 1.29 is 5.11 Å². The SMILES string of the molecule is [N-]=[N+]=NC[C@@H]1CN(Cc2ccccc2)C[C@H]1O. The molecular formula is C12H16N4O. The molecular weight excluding hydrogens is 216 g/mol. The van der Waals surface area contributed by atoms with Gasteiger partial charge in [-0.2, -0.15) is 0 Å². The quantitative estimate of drug-likeness (QED) is 0.488. The summed E-state index contributed by atoms with van der Waals surface area (Å²) < 4.78 is 0. The monoisotopic (exact) mass is 232 g/mol. The van der Waals surface area contributed by atoms with Crippen LogP contribution in [0.15, 0.2) is 35.4 Å². The molecule has 0 unspecified atom stereocenters. The summed E-state index contributed by atoms with van der Waals surface area (Å²) in [4.78, 5) is 4.93. The van der Waals surface area contributed by atoms with Gasteiger partial charge >= 0.3 is 0 Å². The summed E-state index contributed by atoms with van der Waals surface area (Å²) in [5.74, 6) is 0.0645. The summed E-state index contributed by atoms with van der Waals surface area (Å²) in [6.45, 7) is 2.66. The number of β-amino-alcohol motifs (C(OH)–C–C–N with tert-alkyl or cyclic N) is 1. The van der Waals surface area contributed by atoms with Crippen LogP contribution in [0.1, 0.15) is 5.56 Å². The van der Waals surface area contributed by atoms with Crippen molar-refractivity contribution in [1.82, 2.24) is 4.90 Å². The fourth-order valence-electron chi connectivity index (χ4n) is 2.23. The molecule has 0 spiro atoms. The molecule has 0 amide bonds. The molecule has 1 saturated heterocycles. The van der Waals surface area contributed by atoms with Crippen molar-refractivity contribution in [2.24, 2.45) is 11.0 Å². The molecule has 0 aliphatic carbocycles. The Morgan fingerprint density at radius 1 is 1.35 bits per heavy atom. The van der Waals surface area contributed by atoms with Gasteiger partial charge in [-0.15, -0.1) is 0 Å². The van der Waals surface area contributed by atoms with E-state index in [-0.39, 0.29) is 12.0 Å². The van der Waals surface area contributed by atoms with Gasteiger partial charge in [-0.1, -0.05) is 35.4 Å². The molecule has 90 valence electrons. The second-order valence-corrected chi connectivity index (χ2v) is 4.42. The zero-order chi connectivity index (χ0) is 12.1.